The Labute approximate surface area is 129 Å². The molecule has 0 bridgehead atoms. The summed E-state index contributed by atoms with van der Waals surface area (Å²) in [4.78, 5) is -0.312. The molecule has 0 N–H and O–H groups in total. The van der Waals surface area contributed by atoms with Crippen molar-refractivity contribution in [1.29, 1.82) is 0 Å². The molecule has 1 aromatic rings. The maximum atomic E-state index is 11.6. The summed E-state index contributed by atoms with van der Waals surface area (Å²) in [6.45, 7) is 2.71. The summed E-state index contributed by atoms with van der Waals surface area (Å²) in [6.07, 6.45) is 1.23. The average molecular weight is 414 g/mol. The van der Waals surface area contributed by atoms with E-state index in [9.17, 15) is 8.42 Å². The molecule has 7 heteroatoms. The minimum absolute atomic E-state index is 0.312. The summed E-state index contributed by atoms with van der Waals surface area (Å²) < 4.78 is 35.1. The average Bonchev–Trinajstić information content (AvgIpc) is 2.35. The standard InChI is InChI=1S/C12H14Br2O4S/c1-7(19(2,15)16)12(14)8-5-10-11(6-9(8)13)18-4-3-17-10/h5-7,12H,3-4H2,1-2H3. The van der Waals surface area contributed by atoms with Crippen LogP contribution >= 0.6 is 31.9 Å². The van der Waals surface area contributed by atoms with Crippen molar-refractivity contribution in [3.05, 3.63) is 22.2 Å². The van der Waals surface area contributed by atoms with Crippen LogP contribution in [0.3, 0.4) is 0 Å². The second-order valence-corrected chi connectivity index (χ2v) is 8.70. The number of alkyl halides is 1. The third-order valence-corrected chi connectivity index (χ3v) is 6.99. The molecule has 0 aliphatic carbocycles. The van der Waals surface area contributed by atoms with Crippen LogP contribution < -0.4 is 9.47 Å². The number of fused-ring (bicyclic) bond motifs is 1. The molecule has 0 aromatic heterocycles. The third kappa shape index (κ3) is 3.25. The molecule has 1 aliphatic heterocycles. The van der Waals surface area contributed by atoms with Crippen molar-refractivity contribution in [3.63, 3.8) is 0 Å². The van der Waals surface area contributed by atoms with Gasteiger partial charge in [-0.15, -0.1) is 0 Å². The minimum Gasteiger partial charge on any atom is -0.486 e. The van der Waals surface area contributed by atoms with E-state index in [4.69, 9.17) is 9.47 Å². The van der Waals surface area contributed by atoms with Gasteiger partial charge in [-0.25, -0.2) is 8.42 Å². The fraction of sp³-hybridized carbons (Fsp3) is 0.500. The number of benzene rings is 1. The van der Waals surface area contributed by atoms with E-state index in [-0.39, 0.29) is 4.83 Å². The van der Waals surface area contributed by atoms with E-state index in [2.05, 4.69) is 31.9 Å². The molecular formula is C12H14Br2O4S. The Bertz CT molecular complexity index is 586. The van der Waals surface area contributed by atoms with E-state index < -0.39 is 15.1 Å². The van der Waals surface area contributed by atoms with Crippen molar-refractivity contribution in [1.82, 2.24) is 0 Å². The van der Waals surface area contributed by atoms with Crippen LogP contribution in [0.4, 0.5) is 0 Å². The maximum Gasteiger partial charge on any atom is 0.162 e. The molecule has 4 nitrogen and oxygen atoms in total. The summed E-state index contributed by atoms with van der Waals surface area (Å²) in [5, 5.41) is -0.536. The highest BCUT2D eigenvalue weighted by atomic mass is 79.9. The lowest BCUT2D eigenvalue weighted by atomic mass is 10.1. The fourth-order valence-corrected chi connectivity index (χ4v) is 4.77. The normalized spacial score (nSPS) is 17.9. The smallest absolute Gasteiger partial charge is 0.162 e. The third-order valence-electron chi connectivity index (χ3n) is 3.05. The van der Waals surface area contributed by atoms with Crippen molar-refractivity contribution < 1.29 is 17.9 Å². The summed E-state index contributed by atoms with van der Waals surface area (Å²) in [5.41, 5.74) is 0.835. The maximum absolute atomic E-state index is 11.6. The monoisotopic (exact) mass is 412 g/mol. The van der Waals surface area contributed by atoms with Gasteiger partial charge in [0.2, 0.25) is 0 Å². The molecular weight excluding hydrogens is 400 g/mol. The molecule has 0 saturated heterocycles. The van der Waals surface area contributed by atoms with Crippen LogP contribution in [0.25, 0.3) is 0 Å². The molecule has 0 fully saturated rings. The summed E-state index contributed by atoms with van der Waals surface area (Å²) >= 11 is 6.91. The van der Waals surface area contributed by atoms with Gasteiger partial charge < -0.3 is 9.47 Å². The fourth-order valence-electron chi connectivity index (χ4n) is 1.76. The van der Waals surface area contributed by atoms with Gasteiger partial charge in [-0.1, -0.05) is 31.9 Å². The Morgan fingerprint density at radius 1 is 1.21 bits per heavy atom. The van der Waals surface area contributed by atoms with Gasteiger partial charge in [-0.05, 0) is 24.6 Å². The molecule has 2 rings (SSSR count). The molecule has 0 radical (unpaired) electrons. The van der Waals surface area contributed by atoms with Crippen molar-refractivity contribution in [2.75, 3.05) is 19.5 Å². The predicted molar refractivity (Wildman–Crippen MR) is 81.1 cm³/mol. The Kier molecular flexibility index (Phi) is 4.47. The first-order chi connectivity index (χ1) is 8.80. The highest BCUT2D eigenvalue weighted by Gasteiger charge is 2.28. The zero-order valence-corrected chi connectivity index (χ0v) is 14.5. The quantitative estimate of drug-likeness (QED) is 0.714. The van der Waals surface area contributed by atoms with Gasteiger partial charge >= 0.3 is 0 Å². The number of ether oxygens (including phenoxy) is 2. The highest BCUT2D eigenvalue weighted by molar-refractivity contribution is 9.11. The van der Waals surface area contributed by atoms with E-state index >= 15 is 0 Å². The van der Waals surface area contributed by atoms with Crippen molar-refractivity contribution >= 4 is 41.7 Å². The van der Waals surface area contributed by atoms with Gasteiger partial charge in [-0.2, -0.15) is 0 Å². The van der Waals surface area contributed by atoms with Gasteiger partial charge in [0, 0.05) is 10.7 Å². The van der Waals surface area contributed by atoms with Gasteiger partial charge in [0.05, 0.1) is 10.1 Å². The largest absolute Gasteiger partial charge is 0.486 e. The Morgan fingerprint density at radius 3 is 2.26 bits per heavy atom. The Morgan fingerprint density at radius 2 is 1.74 bits per heavy atom. The van der Waals surface area contributed by atoms with Gasteiger partial charge in [-0.3, -0.25) is 0 Å². The summed E-state index contributed by atoms with van der Waals surface area (Å²) in [6, 6.07) is 3.63. The van der Waals surface area contributed by atoms with E-state index in [1.165, 1.54) is 6.26 Å². The number of sulfone groups is 1. The Hall–Kier alpha value is -0.270. The van der Waals surface area contributed by atoms with Gasteiger partial charge in [0.25, 0.3) is 0 Å². The first-order valence-electron chi connectivity index (χ1n) is 5.72. The number of hydrogen-bond donors (Lipinski definition) is 0. The van der Waals surface area contributed by atoms with Gasteiger partial charge in [0.15, 0.2) is 21.3 Å². The van der Waals surface area contributed by atoms with Crippen LogP contribution in [0, 0.1) is 0 Å². The molecule has 1 aromatic carbocycles. The zero-order chi connectivity index (χ0) is 14.2. The van der Waals surface area contributed by atoms with Crippen LogP contribution in [0.1, 0.15) is 17.3 Å². The summed E-state index contributed by atoms with van der Waals surface area (Å²) in [7, 11) is -3.13. The number of rotatable bonds is 3. The molecule has 0 amide bonds. The summed E-state index contributed by atoms with van der Waals surface area (Å²) in [5.74, 6) is 1.32. The molecule has 1 heterocycles. The number of halogens is 2. The van der Waals surface area contributed by atoms with Crippen molar-refractivity contribution in [3.8, 4) is 11.5 Å². The lowest BCUT2D eigenvalue weighted by Crippen LogP contribution is -2.22. The van der Waals surface area contributed by atoms with Crippen LogP contribution in [0.15, 0.2) is 16.6 Å². The second-order valence-electron chi connectivity index (χ2n) is 4.45. The molecule has 106 valence electrons. The lowest BCUT2D eigenvalue weighted by Gasteiger charge is -2.23. The first kappa shape index (κ1) is 15.1. The molecule has 2 atom stereocenters. The van der Waals surface area contributed by atoms with E-state index in [1.54, 1.807) is 6.92 Å². The van der Waals surface area contributed by atoms with E-state index in [1.807, 2.05) is 12.1 Å². The highest BCUT2D eigenvalue weighted by Crippen LogP contribution is 2.42. The molecule has 2 unspecified atom stereocenters. The molecule has 0 saturated carbocycles. The van der Waals surface area contributed by atoms with Crippen LogP contribution in [0.5, 0.6) is 11.5 Å². The minimum atomic E-state index is -3.13. The lowest BCUT2D eigenvalue weighted by molar-refractivity contribution is 0.171. The van der Waals surface area contributed by atoms with E-state index in [0.717, 1.165) is 10.0 Å². The SMILES string of the molecule is CC(C(Br)c1cc2c(cc1Br)OCCO2)S(C)(=O)=O. The van der Waals surface area contributed by atoms with Crippen molar-refractivity contribution in [2.45, 2.75) is 17.0 Å². The molecule has 1 aliphatic rings. The van der Waals surface area contributed by atoms with Crippen LogP contribution in [-0.2, 0) is 9.84 Å². The zero-order valence-electron chi connectivity index (χ0n) is 10.5. The van der Waals surface area contributed by atoms with Gasteiger partial charge in [0.1, 0.15) is 13.2 Å². The molecule has 19 heavy (non-hydrogen) atoms. The topological polar surface area (TPSA) is 52.6 Å². The van der Waals surface area contributed by atoms with E-state index in [0.29, 0.717) is 24.7 Å². The Balaban J connectivity index is 2.40. The van der Waals surface area contributed by atoms with Crippen molar-refractivity contribution in [2.24, 2.45) is 0 Å². The molecule has 0 spiro atoms. The number of hydrogen-bond acceptors (Lipinski definition) is 4. The first-order valence-corrected chi connectivity index (χ1v) is 9.39. The van der Waals surface area contributed by atoms with Crippen LogP contribution in [-0.4, -0.2) is 33.1 Å². The predicted octanol–water partition coefficient (Wildman–Crippen LogP) is 3.09. The van der Waals surface area contributed by atoms with Crippen LogP contribution in [0.2, 0.25) is 0 Å². The second kappa shape index (κ2) is 5.61.